The Hall–Kier alpha value is -3.70. The molecule has 188 valence electrons. The SMILES string of the molecule is CC12Cc3cnn(-c4ccc(F)cc4)c3C=C1CCC2CC(NCc1ccccc1O)c1ccccc1. The third-order valence-electron chi connectivity index (χ3n) is 8.48. The lowest BCUT2D eigenvalue weighted by molar-refractivity contribution is 0.230. The van der Waals surface area contributed by atoms with Crippen LogP contribution in [0.4, 0.5) is 4.39 Å². The van der Waals surface area contributed by atoms with Crippen molar-refractivity contribution in [1.82, 2.24) is 15.1 Å². The average Bonchev–Trinajstić information content (AvgIpc) is 3.46. The lowest BCUT2D eigenvalue weighted by Crippen LogP contribution is -2.32. The van der Waals surface area contributed by atoms with Crippen LogP contribution in [0.25, 0.3) is 11.8 Å². The molecule has 1 aromatic heterocycles. The van der Waals surface area contributed by atoms with Gasteiger partial charge in [0.05, 0.1) is 17.6 Å². The molecule has 1 heterocycles. The highest BCUT2D eigenvalue weighted by Crippen LogP contribution is 2.55. The van der Waals surface area contributed by atoms with E-state index in [2.05, 4.69) is 53.7 Å². The highest BCUT2D eigenvalue weighted by Gasteiger charge is 2.46. The minimum atomic E-state index is -0.238. The van der Waals surface area contributed by atoms with Gasteiger partial charge in [0.1, 0.15) is 11.6 Å². The number of hydrogen-bond donors (Lipinski definition) is 2. The molecule has 0 bridgehead atoms. The molecule has 4 nitrogen and oxygen atoms in total. The van der Waals surface area contributed by atoms with E-state index >= 15 is 0 Å². The fraction of sp³-hybridized carbons (Fsp3) is 0.281. The quantitative estimate of drug-likeness (QED) is 0.292. The molecule has 1 fully saturated rings. The van der Waals surface area contributed by atoms with Gasteiger partial charge in [0, 0.05) is 18.2 Å². The Morgan fingerprint density at radius 3 is 2.59 bits per heavy atom. The summed E-state index contributed by atoms with van der Waals surface area (Å²) in [6, 6.07) is 24.9. The standard InChI is InChI=1S/C32H32FN3O/c1-32-19-24-21-35-36(28-15-13-27(33)14-16-28)30(24)18-26(32)12-11-25(32)17-29(22-7-3-2-4-8-22)34-20-23-9-5-6-10-31(23)37/h2-10,13-16,18,21,25,29,34,37H,11-12,17,19-20H2,1H3. The lowest BCUT2D eigenvalue weighted by atomic mass is 9.68. The molecule has 6 rings (SSSR count). The third-order valence-corrected chi connectivity index (χ3v) is 8.48. The molecule has 3 atom stereocenters. The molecule has 2 aliphatic carbocycles. The number of aromatic hydroxyl groups is 1. The maximum absolute atomic E-state index is 13.5. The van der Waals surface area contributed by atoms with Gasteiger partial charge in [-0.3, -0.25) is 0 Å². The van der Waals surface area contributed by atoms with Gasteiger partial charge >= 0.3 is 0 Å². The van der Waals surface area contributed by atoms with Crippen LogP contribution in [-0.4, -0.2) is 14.9 Å². The van der Waals surface area contributed by atoms with Crippen LogP contribution in [0.2, 0.25) is 0 Å². The second kappa shape index (κ2) is 9.64. The van der Waals surface area contributed by atoms with Crippen LogP contribution in [0.5, 0.6) is 5.75 Å². The Morgan fingerprint density at radius 1 is 1.05 bits per heavy atom. The van der Waals surface area contributed by atoms with Crippen molar-refractivity contribution in [3.8, 4) is 11.4 Å². The predicted molar refractivity (Wildman–Crippen MR) is 145 cm³/mol. The van der Waals surface area contributed by atoms with Crippen molar-refractivity contribution in [2.24, 2.45) is 11.3 Å². The summed E-state index contributed by atoms with van der Waals surface area (Å²) < 4.78 is 15.4. The van der Waals surface area contributed by atoms with Crippen LogP contribution in [0.1, 0.15) is 54.6 Å². The van der Waals surface area contributed by atoms with E-state index in [0.29, 0.717) is 18.2 Å². The topological polar surface area (TPSA) is 50.1 Å². The van der Waals surface area contributed by atoms with Gasteiger partial charge in [0.2, 0.25) is 0 Å². The smallest absolute Gasteiger partial charge is 0.123 e. The Balaban J connectivity index is 1.26. The van der Waals surface area contributed by atoms with E-state index in [1.54, 1.807) is 18.2 Å². The number of para-hydroxylation sites is 1. The zero-order chi connectivity index (χ0) is 25.4. The monoisotopic (exact) mass is 493 g/mol. The van der Waals surface area contributed by atoms with Crippen molar-refractivity contribution >= 4 is 6.08 Å². The van der Waals surface area contributed by atoms with Crippen LogP contribution < -0.4 is 5.32 Å². The lowest BCUT2D eigenvalue weighted by Gasteiger charge is -2.38. The molecule has 3 unspecified atom stereocenters. The molecule has 37 heavy (non-hydrogen) atoms. The number of fused-ring (bicyclic) bond motifs is 2. The van der Waals surface area contributed by atoms with Gasteiger partial charge in [-0.15, -0.1) is 0 Å². The van der Waals surface area contributed by atoms with Crippen LogP contribution in [0.15, 0.2) is 90.6 Å². The molecule has 1 saturated carbocycles. The largest absolute Gasteiger partial charge is 0.508 e. The summed E-state index contributed by atoms with van der Waals surface area (Å²) in [6.45, 7) is 3.03. The number of nitrogens with one attached hydrogen (secondary N) is 1. The first-order chi connectivity index (χ1) is 18.0. The molecule has 0 saturated heterocycles. The number of benzene rings is 3. The number of rotatable bonds is 7. The zero-order valence-corrected chi connectivity index (χ0v) is 21.1. The number of phenolic OH excluding ortho intramolecular Hbond substituents is 1. The first kappa shape index (κ1) is 23.7. The molecule has 4 aromatic rings. The number of allylic oxidation sites excluding steroid dienone is 1. The second-order valence-electron chi connectivity index (χ2n) is 10.7. The molecule has 2 aliphatic rings. The van der Waals surface area contributed by atoms with Crippen molar-refractivity contribution in [2.75, 3.05) is 0 Å². The van der Waals surface area contributed by atoms with Crippen molar-refractivity contribution in [2.45, 2.75) is 45.2 Å². The van der Waals surface area contributed by atoms with Crippen LogP contribution in [-0.2, 0) is 13.0 Å². The van der Waals surface area contributed by atoms with E-state index in [9.17, 15) is 9.50 Å². The minimum Gasteiger partial charge on any atom is -0.508 e. The van der Waals surface area contributed by atoms with Crippen LogP contribution in [0, 0.1) is 17.2 Å². The molecule has 0 aliphatic heterocycles. The van der Waals surface area contributed by atoms with Gasteiger partial charge in [-0.1, -0.05) is 61.0 Å². The van der Waals surface area contributed by atoms with Crippen molar-refractivity contribution in [3.05, 3.63) is 119 Å². The Kier molecular flexibility index (Phi) is 6.17. The first-order valence-corrected chi connectivity index (χ1v) is 13.1. The summed E-state index contributed by atoms with van der Waals surface area (Å²) in [5.41, 5.74) is 7.01. The van der Waals surface area contributed by atoms with E-state index in [1.165, 1.54) is 28.8 Å². The molecule has 0 amide bonds. The minimum absolute atomic E-state index is 0.0766. The molecular formula is C32H32FN3O. The fourth-order valence-corrected chi connectivity index (χ4v) is 6.30. The maximum atomic E-state index is 13.5. The molecule has 3 aromatic carbocycles. The van der Waals surface area contributed by atoms with E-state index in [0.717, 1.165) is 42.6 Å². The number of phenols is 1. The highest BCUT2D eigenvalue weighted by atomic mass is 19.1. The normalized spacial score (nSPS) is 21.2. The van der Waals surface area contributed by atoms with Crippen molar-refractivity contribution in [1.29, 1.82) is 0 Å². The number of halogens is 1. The summed E-state index contributed by atoms with van der Waals surface area (Å²) in [5.74, 6) is 0.611. The molecular weight excluding hydrogens is 461 g/mol. The predicted octanol–water partition coefficient (Wildman–Crippen LogP) is 6.99. The van der Waals surface area contributed by atoms with Gasteiger partial charge in [0.15, 0.2) is 0 Å². The van der Waals surface area contributed by atoms with E-state index in [-0.39, 0.29) is 17.3 Å². The second-order valence-corrected chi connectivity index (χ2v) is 10.7. The summed E-state index contributed by atoms with van der Waals surface area (Å²) >= 11 is 0. The number of nitrogens with zero attached hydrogens (tertiary/aromatic N) is 2. The van der Waals surface area contributed by atoms with Gasteiger partial charge < -0.3 is 10.4 Å². The van der Waals surface area contributed by atoms with Crippen LogP contribution >= 0.6 is 0 Å². The van der Waals surface area contributed by atoms with E-state index < -0.39 is 0 Å². The van der Waals surface area contributed by atoms with Gasteiger partial charge in [-0.25, -0.2) is 9.07 Å². The van der Waals surface area contributed by atoms with Crippen LogP contribution in [0.3, 0.4) is 0 Å². The Morgan fingerprint density at radius 2 is 1.81 bits per heavy atom. The summed E-state index contributed by atoms with van der Waals surface area (Å²) in [6.07, 6.45) is 8.53. The highest BCUT2D eigenvalue weighted by molar-refractivity contribution is 5.61. The summed E-state index contributed by atoms with van der Waals surface area (Å²) in [4.78, 5) is 0. The van der Waals surface area contributed by atoms with Crippen molar-refractivity contribution in [3.63, 3.8) is 0 Å². The van der Waals surface area contributed by atoms with Gasteiger partial charge in [0.25, 0.3) is 0 Å². The molecule has 2 N–H and O–H groups in total. The number of hydrogen-bond acceptors (Lipinski definition) is 3. The van der Waals surface area contributed by atoms with Gasteiger partial charge in [-0.05, 0) is 84.6 Å². The molecule has 5 heteroatoms. The molecule has 0 spiro atoms. The zero-order valence-electron chi connectivity index (χ0n) is 21.1. The van der Waals surface area contributed by atoms with Gasteiger partial charge in [-0.2, -0.15) is 5.10 Å². The van der Waals surface area contributed by atoms with Crippen molar-refractivity contribution < 1.29 is 9.50 Å². The average molecular weight is 494 g/mol. The Bertz CT molecular complexity index is 1430. The fourth-order valence-electron chi connectivity index (χ4n) is 6.30. The first-order valence-electron chi connectivity index (χ1n) is 13.1. The molecule has 0 radical (unpaired) electrons. The summed E-state index contributed by atoms with van der Waals surface area (Å²) in [7, 11) is 0. The third kappa shape index (κ3) is 4.49. The Labute approximate surface area is 217 Å². The summed E-state index contributed by atoms with van der Waals surface area (Å²) in [5, 5.41) is 18.7. The maximum Gasteiger partial charge on any atom is 0.123 e. The van der Waals surface area contributed by atoms with E-state index in [1.807, 2.05) is 29.1 Å². The van der Waals surface area contributed by atoms with E-state index in [4.69, 9.17) is 0 Å². The number of aromatic nitrogens is 2.